The van der Waals surface area contributed by atoms with Crippen LogP contribution >= 0.6 is 0 Å². The van der Waals surface area contributed by atoms with Crippen molar-refractivity contribution in [3.63, 3.8) is 0 Å². The lowest BCUT2D eigenvalue weighted by Crippen LogP contribution is -2.50. The van der Waals surface area contributed by atoms with Gasteiger partial charge in [-0.2, -0.15) is 0 Å². The van der Waals surface area contributed by atoms with Crippen molar-refractivity contribution in [2.75, 3.05) is 19.0 Å². The van der Waals surface area contributed by atoms with Gasteiger partial charge in [-0.3, -0.25) is 4.98 Å². The van der Waals surface area contributed by atoms with Crippen LogP contribution in [0.1, 0.15) is 19.8 Å². The molecule has 0 aliphatic rings. The van der Waals surface area contributed by atoms with Gasteiger partial charge in [0, 0.05) is 23.7 Å². The zero-order chi connectivity index (χ0) is 18.4. The first kappa shape index (κ1) is 18.0. The summed E-state index contributed by atoms with van der Waals surface area (Å²) in [5.74, 6) is 2.12. The van der Waals surface area contributed by atoms with Crippen molar-refractivity contribution in [2.45, 2.75) is 25.8 Å². The molecule has 0 bridgehead atoms. The van der Waals surface area contributed by atoms with Crippen molar-refractivity contribution in [3.8, 4) is 17.2 Å². The van der Waals surface area contributed by atoms with Crippen LogP contribution in [0, 0.1) is 0 Å². The van der Waals surface area contributed by atoms with E-state index in [-0.39, 0.29) is 0 Å². The molecule has 0 saturated heterocycles. The van der Waals surface area contributed by atoms with Crippen LogP contribution < -0.4 is 20.5 Å². The summed E-state index contributed by atoms with van der Waals surface area (Å²) in [6, 6.07) is 15.9. The molecule has 1 heterocycles. The van der Waals surface area contributed by atoms with Gasteiger partial charge in [-0.25, -0.2) is 0 Å². The predicted octanol–water partition coefficient (Wildman–Crippen LogP) is 3.86. The highest BCUT2D eigenvalue weighted by molar-refractivity contribution is 5.97. The molecule has 0 aliphatic carbocycles. The summed E-state index contributed by atoms with van der Waals surface area (Å²) in [5, 5.41) is 4.48. The van der Waals surface area contributed by atoms with Gasteiger partial charge in [0.05, 0.1) is 24.9 Å². The molecule has 3 aromatic rings. The number of para-hydroxylation sites is 1. The molecule has 0 radical (unpaired) electrons. The Balaban J connectivity index is 2.02. The SMILES string of the molecule is COc1cc(N[C@@H](C)CCC[NH3+])c2ncccc2c1Oc1ccccc1. The van der Waals surface area contributed by atoms with Crippen LogP contribution in [0.25, 0.3) is 10.9 Å². The maximum atomic E-state index is 6.14. The first-order chi connectivity index (χ1) is 12.7. The molecular weight excluding hydrogens is 326 g/mol. The number of benzene rings is 2. The molecule has 26 heavy (non-hydrogen) atoms. The molecule has 1 aromatic heterocycles. The van der Waals surface area contributed by atoms with E-state index in [9.17, 15) is 0 Å². The third-order valence-electron chi connectivity index (χ3n) is 4.28. The van der Waals surface area contributed by atoms with Crippen LogP contribution in [0.3, 0.4) is 0 Å². The summed E-state index contributed by atoms with van der Waals surface area (Å²) in [5.41, 5.74) is 5.75. The molecule has 5 heteroatoms. The van der Waals surface area contributed by atoms with Crippen molar-refractivity contribution < 1.29 is 15.2 Å². The van der Waals surface area contributed by atoms with Gasteiger partial charge in [0.25, 0.3) is 0 Å². The van der Waals surface area contributed by atoms with Crippen molar-refractivity contribution in [1.29, 1.82) is 0 Å². The van der Waals surface area contributed by atoms with E-state index >= 15 is 0 Å². The lowest BCUT2D eigenvalue weighted by molar-refractivity contribution is -0.368. The van der Waals surface area contributed by atoms with E-state index in [1.165, 1.54) is 0 Å². The standard InChI is InChI=1S/C21H25N3O2/c1-15(8-6-12-22)24-18-14-19(25-2)21(17-11-7-13-23-20(17)18)26-16-9-4-3-5-10-16/h3-5,7,9-11,13-15,24H,6,8,12,22H2,1-2H3/p+1/t15-/m0/s1. The summed E-state index contributed by atoms with van der Waals surface area (Å²) in [6.07, 6.45) is 3.95. The molecule has 0 aliphatic heterocycles. The summed E-state index contributed by atoms with van der Waals surface area (Å²) >= 11 is 0. The smallest absolute Gasteiger partial charge is 0.178 e. The molecule has 0 saturated carbocycles. The van der Waals surface area contributed by atoms with Gasteiger partial charge >= 0.3 is 0 Å². The molecule has 4 N–H and O–H groups in total. The molecule has 136 valence electrons. The Labute approximate surface area is 154 Å². The fourth-order valence-corrected chi connectivity index (χ4v) is 2.96. The number of nitrogens with one attached hydrogen (secondary N) is 1. The second-order valence-corrected chi connectivity index (χ2v) is 6.31. The van der Waals surface area contributed by atoms with Crippen molar-refractivity contribution in [2.24, 2.45) is 0 Å². The zero-order valence-corrected chi connectivity index (χ0v) is 15.4. The number of anilines is 1. The Bertz CT molecular complexity index is 853. The Morgan fingerprint density at radius 1 is 1.15 bits per heavy atom. The minimum absolute atomic E-state index is 0.326. The average molecular weight is 352 g/mol. The minimum atomic E-state index is 0.326. The van der Waals surface area contributed by atoms with E-state index in [1.54, 1.807) is 13.3 Å². The van der Waals surface area contributed by atoms with Gasteiger partial charge in [0.2, 0.25) is 0 Å². The minimum Gasteiger partial charge on any atom is -0.493 e. The van der Waals surface area contributed by atoms with Gasteiger partial charge in [-0.05, 0) is 44.0 Å². The number of quaternary nitrogens is 1. The highest BCUT2D eigenvalue weighted by atomic mass is 16.5. The van der Waals surface area contributed by atoms with Crippen LogP contribution in [0.15, 0.2) is 54.7 Å². The first-order valence-electron chi connectivity index (χ1n) is 8.97. The number of methoxy groups -OCH3 is 1. The molecule has 2 aromatic carbocycles. The normalized spacial score (nSPS) is 12.0. The second-order valence-electron chi connectivity index (χ2n) is 6.31. The Morgan fingerprint density at radius 2 is 1.96 bits per heavy atom. The van der Waals surface area contributed by atoms with Gasteiger partial charge in [-0.1, -0.05) is 18.2 Å². The molecule has 0 unspecified atom stereocenters. The highest BCUT2D eigenvalue weighted by Crippen LogP contribution is 2.41. The van der Waals surface area contributed by atoms with E-state index in [2.05, 4.69) is 23.0 Å². The maximum absolute atomic E-state index is 6.14. The Hall–Kier alpha value is -2.79. The molecular formula is C21H26N3O2+. The summed E-state index contributed by atoms with van der Waals surface area (Å²) in [4.78, 5) is 4.58. The Morgan fingerprint density at radius 3 is 2.69 bits per heavy atom. The summed E-state index contributed by atoms with van der Waals surface area (Å²) in [7, 11) is 1.66. The molecule has 1 atom stereocenters. The van der Waals surface area contributed by atoms with Gasteiger partial charge in [-0.15, -0.1) is 0 Å². The van der Waals surface area contributed by atoms with E-state index in [0.29, 0.717) is 17.5 Å². The highest BCUT2D eigenvalue weighted by Gasteiger charge is 2.17. The first-order valence-corrected chi connectivity index (χ1v) is 8.97. The number of hydrogen-bond acceptors (Lipinski definition) is 4. The van der Waals surface area contributed by atoms with Crippen LogP contribution in [-0.4, -0.2) is 24.7 Å². The molecule has 0 fully saturated rings. The lowest BCUT2D eigenvalue weighted by atomic mass is 10.1. The van der Waals surface area contributed by atoms with E-state index in [0.717, 1.165) is 41.7 Å². The number of aromatic nitrogens is 1. The molecule has 3 rings (SSSR count). The quantitative estimate of drug-likeness (QED) is 0.646. The maximum Gasteiger partial charge on any atom is 0.178 e. The van der Waals surface area contributed by atoms with Crippen molar-refractivity contribution in [3.05, 3.63) is 54.7 Å². The van der Waals surface area contributed by atoms with Gasteiger partial charge in [0.15, 0.2) is 11.5 Å². The van der Waals surface area contributed by atoms with Gasteiger partial charge < -0.3 is 20.5 Å². The number of pyridine rings is 1. The Kier molecular flexibility index (Phi) is 5.92. The molecule has 0 amide bonds. The summed E-state index contributed by atoms with van der Waals surface area (Å²) in [6.45, 7) is 3.11. The number of rotatable bonds is 8. The molecule has 0 spiro atoms. The average Bonchev–Trinajstić information content (AvgIpc) is 2.68. The topological polar surface area (TPSA) is 71.0 Å². The fraction of sp³-hybridized carbons (Fsp3) is 0.286. The van der Waals surface area contributed by atoms with Crippen LogP contribution in [-0.2, 0) is 0 Å². The monoisotopic (exact) mass is 352 g/mol. The van der Waals surface area contributed by atoms with E-state index in [4.69, 9.17) is 9.47 Å². The van der Waals surface area contributed by atoms with E-state index in [1.807, 2.05) is 48.5 Å². The van der Waals surface area contributed by atoms with Crippen LogP contribution in [0.4, 0.5) is 5.69 Å². The number of fused-ring (bicyclic) bond motifs is 1. The van der Waals surface area contributed by atoms with Crippen molar-refractivity contribution in [1.82, 2.24) is 4.98 Å². The van der Waals surface area contributed by atoms with Crippen LogP contribution in [0.2, 0.25) is 0 Å². The third kappa shape index (κ3) is 4.06. The lowest BCUT2D eigenvalue weighted by Gasteiger charge is -2.19. The fourth-order valence-electron chi connectivity index (χ4n) is 2.96. The van der Waals surface area contributed by atoms with E-state index < -0.39 is 0 Å². The zero-order valence-electron chi connectivity index (χ0n) is 15.4. The summed E-state index contributed by atoms with van der Waals surface area (Å²) < 4.78 is 11.8. The third-order valence-corrected chi connectivity index (χ3v) is 4.28. The van der Waals surface area contributed by atoms with Crippen LogP contribution in [0.5, 0.6) is 17.2 Å². The van der Waals surface area contributed by atoms with Gasteiger partial charge in [0.1, 0.15) is 5.75 Å². The predicted molar refractivity (Wildman–Crippen MR) is 105 cm³/mol. The largest absolute Gasteiger partial charge is 0.493 e. The number of ether oxygens (including phenoxy) is 2. The van der Waals surface area contributed by atoms with Crippen molar-refractivity contribution >= 4 is 16.6 Å². The second kappa shape index (κ2) is 8.54. The number of nitrogens with zero attached hydrogens (tertiary/aromatic N) is 1. The molecule has 5 nitrogen and oxygen atoms in total. The number of hydrogen-bond donors (Lipinski definition) is 2.